The molecule has 1 aliphatic heterocycles. The molecule has 9 nitrogen and oxygen atoms in total. The van der Waals surface area contributed by atoms with Crippen molar-refractivity contribution in [2.24, 2.45) is 0 Å². The monoisotopic (exact) mass is 408 g/mol. The van der Waals surface area contributed by atoms with Crippen LogP contribution in [0.1, 0.15) is 0 Å². The minimum Gasteiger partial charge on any atom is -0.394 e. The Morgan fingerprint density at radius 2 is 1.75 bits per heavy atom. The molecule has 1 saturated heterocycles. The zero-order valence-electron chi connectivity index (χ0n) is 14.6. The minimum atomic E-state index is -1.54. The number of benzene rings is 2. The molecule has 0 aliphatic carbocycles. The largest absolute Gasteiger partial charge is 0.394 e. The Balaban J connectivity index is 1.85. The van der Waals surface area contributed by atoms with E-state index in [1.54, 1.807) is 6.07 Å². The van der Waals surface area contributed by atoms with Gasteiger partial charge in [-0.1, -0.05) is 30.0 Å². The van der Waals surface area contributed by atoms with Gasteiger partial charge in [-0.3, -0.25) is 10.1 Å². The van der Waals surface area contributed by atoms with Gasteiger partial charge in [0.1, 0.15) is 24.4 Å². The number of non-ortho nitro benzene ring substituents is 1. The SMILES string of the molecule is O=[N+]([O-])c1cc(N[C@@H]2O[C@@H](CO)[C@@H](O)[C@@H](O)[C@H]2O)cc(Sc2ccccc2)c1. The fourth-order valence-electron chi connectivity index (χ4n) is 2.84. The summed E-state index contributed by atoms with van der Waals surface area (Å²) in [5.74, 6) is 0. The molecule has 1 heterocycles. The van der Waals surface area contributed by atoms with Crippen molar-refractivity contribution in [1.82, 2.24) is 0 Å². The molecule has 5 atom stereocenters. The van der Waals surface area contributed by atoms with Gasteiger partial charge in [-0.15, -0.1) is 0 Å². The van der Waals surface area contributed by atoms with E-state index in [0.717, 1.165) is 4.90 Å². The average molecular weight is 408 g/mol. The lowest BCUT2D eigenvalue weighted by Gasteiger charge is -2.40. The Morgan fingerprint density at radius 1 is 1.04 bits per heavy atom. The first-order valence-corrected chi connectivity index (χ1v) is 9.30. The van der Waals surface area contributed by atoms with E-state index in [1.165, 1.54) is 23.9 Å². The third-order valence-corrected chi connectivity index (χ3v) is 5.26. The topological polar surface area (TPSA) is 145 Å². The Bertz CT molecular complexity index is 821. The molecule has 1 fully saturated rings. The summed E-state index contributed by atoms with van der Waals surface area (Å²) in [4.78, 5) is 12.2. The van der Waals surface area contributed by atoms with Crippen LogP contribution in [0.15, 0.2) is 58.3 Å². The zero-order valence-corrected chi connectivity index (χ0v) is 15.4. The highest BCUT2D eigenvalue weighted by Crippen LogP contribution is 2.34. The van der Waals surface area contributed by atoms with Crippen LogP contribution in [-0.2, 0) is 4.74 Å². The summed E-state index contributed by atoms with van der Waals surface area (Å²) in [6.45, 7) is -0.562. The second-order valence-electron chi connectivity index (χ2n) is 6.28. The lowest BCUT2D eigenvalue weighted by molar-refractivity contribution is -0.385. The molecule has 28 heavy (non-hydrogen) atoms. The van der Waals surface area contributed by atoms with Crippen molar-refractivity contribution < 1.29 is 30.1 Å². The molecule has 0 radical (unpaired) electrons. The molecular weight excluding hydrogens is 388 g/mol. The molecule has 0 spiro atoms. The van der Waals surface area contributed by atoms with E-state index in [1.807, 2.05) is 30.3 Å². The Morgan fingerprint density at radius 3 is 2.39 bits per heavy atom. The molecule has 0 unspecified atom stereocenters. The molecule has 2 aromatic rings. The van der Waals surface area contributed by atoms with Crippen LogP contribution in [0.2, 0.25) is 0 Å². The van der Waals surface area contributed by atoms with Gasteiger partial charge in [0.2, 0.25) is 0 Å². The van der Waals surface area contributed by atoms with Crippen LogP contribution in [0.25, 0.3) is 0 Å². The third kappa shape index (κ3) is 4.61. The minimum absolute atomic E-state index is 0.159. The van der Waals surface area contributed by atoms with E-state index in [0.29, 0.717) is 4.90 Å². The first-order valence-electron chi connectivity index (χ1n) is 8.48. The number of aliphatic hydroxyl groups excluding tert-OH is 4. The van der Waals surface area contributed by atoms with Crippen molar-refractivity contribution in [3.05, 3.63) is 58.6 Å². The highest BCUT2D eigenvalue weighted by molar-refractivity contribution is 7.99. The maximum atomic E-state index is 11.3. The highest BCUT2D eigenvalue weighted by Gasteiger charge is 2.43. The van der Waals surface area contributed by atoms with Crippen LogP contribution in [0, 0.1) is 10.1 Å². The van der Waals surface area contributed by atoms with Gasteiger partial charge >= 0.3 is 0 Å². The predicted octanol–water partition coefficient (Wildman–Crippen LogP) is 0.958. The molecule has 1 aliphatic rings. The summed E-state index contributed by atoms with van der Waals surface area (Å²) in [5, 5.41) is 53.3. The van der Waals surface area contributed by atoms with E-state index in [-0.39, 0.29) is 11.4 Å². The van der Waals surface area contributed by atoms with Crippen LogP contribution in [0.4, 0.5) is 11.4 Å². The van der Waals surface area contributed by atoms with Gasteiger partial charge < -0.3 is 30.5 Å². The van der Waals surface area contributed by atoms with Gasteiger partial charge in [0.25, 0.3) is 5.69 Å². The Labute approximate surface area is 164 Å². The van der Waals surface area contributed by atoms with Crippen molar-refractivity contribution in [3.8, 4) is 0 Å². The standard InChI is InChI=1S/C18H20N2O7S/c21-9-14-15(22)16(23)17(24)18(27-14)19-10-6-11(20(25)26)8-13(7-10)28-12-4-2-1-3-5-12/h1-8,14-19,21-24H,9H2/t14-,15+,16+,17+,18+/m0/s1. The molecule has 2 aromatic carbocycles. The van der Waals surface area contributed by atoms with Gasteiger partial charge in [0.05, 0.1) is 11.5 Å². The van der Waals surface area contributed by atoms with Gasteiger partial charge in [-0.25, -0.2) is 0 Å². The fraction of sp³-hybridized carbons (Fsp3) is 0.333. The van der Waals surface area contributed by atoms with Gasteiger partial charge in [-0.05, 0) is 18.2 Å². The smallest absolute Gasteiger partial charge is 0.272 e. The lowest BCUT2D eigenvalue weighted by atomic mass is 9.98. The molecular formula is C18H20N2O7S. The van der Waals surface area contributed by atoms with Crippen LogP contribution in [0.5, 0.6) is 0 Å². The molecule has 0 amide bonds. The van der Waals surface area contributed by atoms with Gasteiger partial charge in [-0.2, -0.15) is 0 Å². The number of nitrogens with zero attached hydrogens (tertiary/aromatic N) is 1. The zero-order chi connectivity index (χ0) is 20.3. The maximum absolute atomic E-state index is 11.3. The van der Waals surface area contributed by atoms with Crippen molar-refractivity contribution in [1.29, 1.82) is 0 Å². The number of nitro benzene ring substituents is 1. The summed E-state index contributed by atoms with van der Waals surface area (Å²) < 4.78 is 5.40. The predicted molar refractivity (Wildman–Crippen MR) is 101 cm³/mol. The van der Waals surface area contributed by atoms with Crippen molar-refractivity contribution in [2.75, 3.05) is 11.9 Å². The fourth-order valence-corrected chi connectivity index (χ4v) is 3.77. The third-order valence-electron chi connectivity index (χ3n) is 4.28. The van der Waals surface area contributed by atoms with Crippen LogP contribution in [0.3, 0.4) is 0 Å². The number of ether oxygens (including phenoxy) is 1. The second kappa shape index (κ2) is 8.86. The summed E-state index contributed by atoms with van der Waals surface area (Å²) in [5.41, 5.74) is 0.130. The molecule has 0 saturated carbocycles. The Hall–Kier alpha value is -2.21. The molecule has 0 bridgehead atoms. The first-order chi connectivity index (χ1) is 13.4. The number of nitro groups is 1. The quantitative estimate of drug-likeness (QED) is 0.348. The number of hydrogen-bond donors (Lipinski definition) is 5. The summed E-state index contributed by atoms with van der Waals surface area (Å²) in [7, 11) is 0. The van der Waals surface area contributed by atoms with Gasteiger partial charge in [0.15, 0.2) is 6.23 Å². The van der Waals surface area contributed by atoms with Crippen LogP contribution < -0.4 is 5.32 Å². The summed E-state index contributed by atoms with van der Waals surface area (Å²) in [6, 6.07) is 13.7. The molecule has 5 N–H and O–H groups in total. The number of aliphatic hydroxyl groups is 4. The number of anilines is 1. The summed E-state index contributed by atoms with van der Waals surface area (Å²) in [6.07, 6.45) is -6.77. The molecule has 0 aromatic heterocycles. The molecule has 150 valence electrons. The second-order valence-corrected chi connectivity index (χ2v) is 7.43. The van der Waals surface area contributed by atoms with E-state index >= 15 is 0 Å². The highest BCUT2D eigenvalue weighted by atomic mass is 32.2. The van der Waals surface area contributed by atoms with Crippen LogP contribution >= 0.6 is 11.8 Å². The Kier molecular flexibility index (Phi) is 6.50. The van der Waals surface area contributed by atoms with Gasteiger partial charge in [0, 0.05) is 27.6 Å². The van der Waals surface area contributed by atoms with Crippen LogP contribution in [-0.4, -0.2) is 62.6 Å². The first kappa shape index (κ1) is 20.5. The molecule has 10 heteroatoms. The molecule has 3 rings (SSSR count). The lowest BCUT2D eigenvalue weighted by Crippen LogP contribution is -2.60. The van der Waals surface area contributed by atoms with Crippen molar-refractivity contribution in [2.45, 2.75) is 40.4 Å². The van der Waals surface area contributed by atoms with E-state index < -0.39 is 42.2 Å². The number of rotatable bonds is 6. The average Bonchev–Trinajstić information content (AvgIpc) is 2.69. The summed E-state index contributed by atoms with van der Waals surface area (Å²) >= 11 is 1.33. The van der Waals surface area contributed by atoms with E-state index in [9.17, 15) is 30.5 Å². The van der Waals surface area contributed by atoms with Crippen molar-refractivity contribution in [3.63, 3.8) is 0 Å². The van der Waals surface area contributed by atoms with E-state index in [4.69, 9.17) is 4.74 Å². The van der Waals surface area contributed by atoms with Crippen molar-refractivity contribution >= 4 is 23.1 Å². The number of hydrogen-bond acceptors (Lipinski definition) is 9. The number of nitrogens with one attached hydrogen (secondary N) is 1. The van der Waals surface area contributed by atoms with E-state index in [2.05, 4.69) is 5.32 Å². The normalized spacial score (nSPS) is 27.4. The maximum Gasteiger partial charge on any atom is 0.272 e.